The average molecular weight is 316 g/mol. The molecule has 2 fully saturated rings. The molecule has 4 heteroatoms. The quantitative estimate of drug-likeness (QED) is 0.653. The van der Waals surface area contributed by atoms with Gasteiger partial charge in [-0.1, -0.05) is 38.5 Å². The zero-order chi connectivity index (χ0) is 16.0. The van der Waals surface area contributed by atoms with Crippen LogP contribution in [0.4, 0.5) is 0 Å². The average Bonchev–Trinajstić information content (AvgIpc) is 2.58. The van der Waals surface area contributed by atoms with Gasteiger partial charge in [-0.25, -0.2) is 0 Å². The third-order valence-corrected chi connectivity index (χ3v) is 4.84. The van der Waals surface area contributed by atoms with Crippen LogP contribution in [0.15, 0.2) is 0 Å². The first-order chi connectivity index (χ1) is 10.8. The minimum Gasteiger partial charge on any atom is -0.359 e. The molecule has 0 aromatic rings. The summed E-state index contributed by atoms with van der Waals surface area (Å²) < 4.78 is 20.1. The topological polar surface area (TPSA) is 36.9 Å². The lowest BCUT2D eigenvalue weighted by Crippen LogP contribution is -2.35. The molecule has 0 atom stereocenters. The molecular weight excluding hydrogens is 280 g/mol. The van der Waals surface area contributed by atoms with E-state index in [1.54, 1.807) is 21.3 Å². The van der Waals surface area contributed by atoms with Gasteiger partial charge in [0.2, 0.25) is 0 Å². The van der Waals surface area contributed by atoms with E-state index in [4.69, 9.17) is 9.47 Å². The van der Waals surface area contributed by atoms with Gasteiger partial charge in [-0.15, -0.1) is 0 Å². The maximum absolute atomic E-state index is 6.05. The highest BCUT2D eigenvalue weighted by molar-refractivity contribution is 4.82. The summed E-state index contributed by atoms with van der Waals surface area (Å²) in [6.07, 6.45) is 14.5. The maximum Gasteiger partial charge on any atom is 0.146 e. The van der Waals surface area contributed by atoms with E-state index in [9.17, 15) is 0 Å². The van der Waals surface area contributed by atoms with Crippen LogP contribution in [0.25, 0.3) is 0 Å². The second kappa shape index (κ2) is 13.3. The fourth-order valence-corrected chi connectivity index (χ4v) is 3.85. The molecule has 2 rings (SSSR count). The molecule has 2 aliphatic rings. The maximum atomic E-state index is 6.05. The van der Waals surface area contributed by atoms with Gasteiger partial charge in [0.05, 0.1) is 6.10 Å². The van der Waals surface area contributed by atoms with E-state index >= 15 is 0 Å². The first kappa shape index (κ1) is 19.9. The van der Waals surface area contributed by atoms with Crippen molar-refractivity contribution < 1.29 is 18.9 Å². The molecule has 0 heterocycles. The van der Waals surface area contributed by atoms with Gasteiger partial charge >= 0.3 is 0 Å². The Kier molecular flexibility index (Phi) is 12.0. The Morgan fingerprint density at radius 1 is 0.636 bits per heavy atom. The summed E-state index contributed by atoms with van der Waals surface area (Å²) in [7, 11) is 4.91. The summed E-state index contributed by atoms with van der Waals surface area (Å²) in [5, 5.41) is 0. The van der Waals surface area contributed by atoms with Crippen molar-refractivity contribution in [2.45, 2.75) is 70.3 Å². The summed E-state index contributed by atoms with van der Waals surface area (Å²) in [5.41, 5.74) is 0. The smallest absolute Gasteiger partial charge is 0.146 e. The second-order valence-corrected chi connectivity index (χ2v) is 6.53. The summed E-state index contributed by atoms with van der Waals surface area (Å²) in [5.74, 6) is 1.61. The van der Waals surface area contributed by atoms with E-state index in [-0.39, 0.29) is 0 Å². The molecule has 2 aliphatic carbocycles. The zero-order valence-corrected chi connectivity index (χ0v) is 14.9. The van der Waals surface area contributed by atoms with Crippen molar-refractivity contribution in [3.05, 3.63) is 0 Å². The fraction of sp³-hybridized carbons (Fsp3) is 1.00. The molecule has 0 N–H and O–H groups in total. The fourth-order valence-electron chi connectivity index (χ4n) is 3.85. The number of methoxy groups -OCH3 is 3. The van der Waals surface area contributed by atoms with Crippen molar-refractivity contribution in [3.8, 4) is 0 Å². The van der Waals surface area contributed by atoms with Crippen LogP contribution in [0.5, 0.6) is 0 Å². The molecule has 4 nitrogen and oxygen atoms in total. The van der Waals surface area contributed by atoms with Crippen molar-refractivity contribution in [1.82, 2.24) is 0 Å². The lowest BCUT2D eigenvalue weighted by molar-refractivity contribution is -0.122. The highest BCUT2D eigenvalue weighted by Crippen LogP contribution is 2.37. The van der Waals surface area contributed by atoms with Crippen molar-refractivity contribution in [2.75, 3.05) is 34.9 Å². The van der Waals surface area contributed by atoms with E-state index < -0.39 is 0 Å². The Hall–Kier alpha value is -0.160. The standard InChI is InChI=1S/C15H28O2.C3H8O2/c1-16-12-17-15(13-8-4-2-5-9-13)14-10-6-3-7-11-14;1-4-3-5-2/h13-15H,2-12H2,1H3;3H2,1-2H3. The van der Waals surface area contributed by atoms with Crippen LogP contribution in [-0.4, -0.2) is 41.0 Å². The van der Waals surface area contributed by atoms with E-state index in [0.717, 1.165) is 11.8 Å². The highest BCUT2D eigenvalue weighted by atomic mass is 16.7. The van der Waals surface area contributed by atoms with E-state index in [1.165, 1.54) is 64.2 Å². The first-order valence-corrected chi connectivity index (χ1v) is 8.91. The minimum absolute atomic E-state index is 0.389. The Morgan fingerprint density at radius 3 is 1.36 bits per heavy atom. The van der Waals surface area contributed by atoms with Crippen molar-refractivity contribution in [2.24, 2.45) is 11.8 Å². The number of hydrogen-bond donors (Lipinski definition) is 0. The van der Waals surface area contributed by atoms with Gasteiger partial charge in [0, 0.05) is 21.3 Å². The molecule has 132 valence electrons. The molecule has 0 radical (unpaired) electrons. The Bertz CT molecular complexity index is 215. The lowest BCUT2D eigenvalue weighted by Gasteiger charge is -2.37. The molecule has 2 saturated carbocycles. The van der Waals surface area contributed by atoms with E-state index in [0.29, 0.717) is 19.7 Å². The summed E-state index contributed by atoms with van der Waals surface area (Å²) in [6, 6.07) is 0. The molecule has 0 amide bonds. The third-order valence-electron chi connectivity index (χ3n) is 4.84. The van der Waals surface area contributed by atoms with Gasteiger partial charge < -0.3 is 18.9 Å². The van der Waals surface area contributed by atoms with Crippen molar-refractivity contribution in [3.63, 3.8) is 0 Å². The predicted molar refractivity (Wildman–Crippen MR) is 88.8 cm³/mol. The zero-order valence-electron chi connectivity index (χ0n) is 14.9. The SMILES string of the molecule is COCOC.COCOC(C1CCCCC1)C1CCCCC1. The molecule has 0 aliphatic heterocycles. The minimum atomic E-state index is 0.389. The van der Waals surface area contributed by atoms with Crippen LogP contribution < -0.4 is 0 Å². The van der Waals surface area contributed by atoms with Gasteiger partial charge in [-0.2, -0.15) is 0 Å². The molecule has 0 spiro atoms. The van der Waals surface area contributed by atoms with Gasteiger partial charge in [0.15, 0.2) is 0 Å². The molecule has 0 saturated heterocycles. The van der Waals surface area contributed by atoms with E-state index in [2.05, 4.69) is 9.47 Å². The Balaban J connectivity index is 0.000000422. The van der Waals surface area contributed by atoms with Gasteiger partial charge in [-0.3, -0.25) is 0 Å². The number of rotatable bonds is 7. The summed E-state index contributed by atoms with van der Waals surface area (Å²) >= 11 is 0. The van der Waals surface area contributed by atoms with Gasteiger partial charge in [-0.05, 0) is 37.5 Å². The highest BCUT2D eigenvalue weighted by Gasteiger charge is 2.32. The van der Waals surface area contributed by atoms with Gasteiger partial charge in [0.1, 0.15) is 13.6 Å². The molecule has 0 unspecified atom stereocenters. The van der Waals surface area contributed by atoms with Crippen LogP contribution in [0.2, 0.25) is 0 Å². The number of hydrogen-bond acceptors (Lipinski definition) is 4. The van der Waals surface area contributed by atoms with Crippen molar-refractivity contribution in [1.29, 1.82) is 0 Å². The molecule has 0 bridgehead atoms. The molecule has 0 aromatic carbocycles. The molecular formula is C18H36O4. The first-order valence-electron chi connectivity index (χ1n) is 8.91. The monoisotopic (exact) mass is 316 g/mol. The Morgan fingerprint density at radius 2 is 1.05 bits per heavy atom. The largest absolute Gasteiger partial charge is 0.359 e. The van der Waals surface area contributed by atoms with Crippen LogP contribution in [0.1, 0.15) is 64.2 Å². The molecule has 0 aromatic heterocycles. The van der Waals surface area contributed by atoms with E-state index in [1.807, 2.05) is 0 Å². The van der Waals surface area contributed by atoms with Crippen LogP contribution in [0, 0.1) is 11.8 Å². The van der Waals surface area contributed by atoms with Crippen LogP contribution >= 0.6 is 0 Å². The summed E-state index contributed by atoms with van der Waals surface area (Å²) in [4.78, 5) is 0. The Labute approximate surface area is 136 Å². The summed E-state index contributed by atoms with van der Waals surface area (Å²) in [6.45, 7) is 0.873. The second-order valence-electron chi connectivity index (χ2n) is 6.53. The number of ether oxygens (including phenoxy) is 4. The normalized spacial score (nSPS) is 20.7. The lowest BCUT2D eigenvalue weighted by atomic mass is 9.75. The van der Waals surface area contributed by atoms with Crippen LogP contribution in [0.3, 0.4) is 0 Å². The molecule has 22 heavy (non-hydrogen) atoms. The predicted octanol–water partition coefficient (Wildman–Crippen LogP) is 4.37. The van der Waals surface area contributed by atoms with Crippen molar-refractivity contribution >= 4 is 0 Å². The van der Waals surface area contributed by atoms with Gasteiger partial charge in [0.25, 0.3) is 0 Å². The third kappa shape index (κ3) is 7.91. The van der Waals surface area contributed by atoms with Crippen LogP contribution in [-0.2, 0) is 18.9 Å².